The molecule has 2 N–H and O–H groups in total. The summed E-state index contributed by atoms with van der Waals surface area (Å²) < 4.78 is 5.32. The topological polar surface area (TPSA) is 66.5 Å². The molecule has 1 aromatic carbocycles. The second-order valence-electron chi connectivity index (χ2n) is 5.98. The summed E-state index contributed by atoms with van der Waals surface area (Å²) >= 11 is 0. The zero-order valence-corrected chi connectivity index (χ0v) is 15.1. The molecule has 0 aliphatic heterocycles. The first-order chi connectivity index (χ1) is 12.1. The Morgan fingerprint density at radius 1 is 1.20 bits per heavy atom. The largest absolute Gasteiger partial charge is 0.496 e. The van der Waals surface area contributed by atoms with Crippen LogP contribution in [-0.2, 0) is 6.42 Å². The van der Waals surface area contributed by atoms with Crippen LogP contribution in [0.5, 0.6) is 5.75 Å². The van der Waals surface area contributed by atoms with E-state index in [0.29, 0.717) is 18.7 Å². The van der Waals surface area contributed by atoms with E-state index >= 15 is 0 Å². The summed E-state index contributed by atoms with van der Waals surface area (Å²) in [4.78, 5) is 18.5. The molecule has 2 rings (SSSR count). The first-order valence-corrected chi connectivity index (χ1v) is 8.35. The molecule has 2 aromatic rings. The van der Waals surface area contributed by atoms with Crippen LogP contribution in [0, 0.1) is 0 Å². The molecule has 1 aromatic heterocycles. The molecular weight excluding hydrogens is 316 g/mol. The number of anilines is 1. The molecule has 0 atom stereocenters. The average Bonchev–Trinajstić information content (AvgIpc) is 2.62. The van der Waals surface area contributed by atoms with Crippen LogP contribution < -0.4 is 15.4 Å². The lowest BCUT2D eigenvalue weighted by Gasteiger charge is -2.12. The van der Waals surface area contributed by atoms with Gasteiger partial charge in [0.15, 0.2) is 0 Å². The van der Waals surface area contributed by atoms with Crippen LogP contribution in [0.2, 0.25) is 0 Å². The molecule has 0 radical (unpaired) electrons. The summed E-state index contributed by atoms with van der Waals surface area (Å²) in [5.41, 5.74) is 2.37. The second-order valence-corrected chi connectivity index (χ2v) is 5.98. The maximum absolute atomic E-state index is 12.3. The summed E-state index contributed by atoms with van der Waals surface area (Å²) in [7, 11) is 5.69. The summed E-state index contributed by atoms with van der Waals surface area (Å²) in [6.45, 7) is 2.26. The summed E-state index contributed by atoms with van der Waals surface area (Å²) in [5.74, 6) is 0.660. The Labute approximate surface area is 149 Å². The molecule has 0 unspecified atom stereocenters. The highest BCUT2D eigenvalue weighted by atomic mass is 16.5. The van der Waals surface area contributed by atoms with Gasteiger partial charge in [-0.2, -0.15) is 0 Å². The Morgan fingerprint density at radius 2 is 2.00 bits per heavy atom. The standard InChI is InChI=1S/C19H26N4O2/c1-23(2)13-12-20-16-9-11-21-17(14-16)19(24)22-10-8-15-6-4-5-7-18(15)25-3/h4-7,9,11,14H,8,10,12-13H2,1-3H3,(H,20,21)(H,22,24). The zero-order chi connectivity index (χ0) is 18.1. The molecule has 1 heterocycles. The van der Waals surface area contributed by atoms with E-state index in [9.17, 15) is 4.79 Å². The van der Waals surface area contributed by atoms with Gasteiger partial charge in [-0.05, 0) is 44.3 Å². The third-order valence-electron chi connectivity index (χ3n) is 3.75. The average molecular weight is 342 g/mol. The molecule has 1 amide bonds. The third-order valence-corrected chi connectivity index (χ3v) is 3.75. The first-order valence-electron chi connectivity index (χ1n) is 8.35. The fraction of sp³-hybridized carbons (Fsp3) is 0.368. The van der Waals surface area contributed by atoms with Gasteiger partial charge >= 0.3 is 0 Å². The Morgan fingerprint density at radius 3 is 2.76 bits per heavy atom. The second kappa shape index (κ2) is 9.64. The molecule has 6 heteroatoms. The zero-order valence-electron chi connectivity index (χ0n) is 15.1. The number of hydrogen-bond acceptors (Lipinski definition) is 5. The number of aromatic nitrogens is 1. The molecule has 25 heavy (non-hydrogen) atoms. The number of para-hydroxylation sites is 1. The van der Waals surface area contributed by atoms with E-state index in [1.807, 2.05) is 44.4 Å². The molecule has 0 spiro atoms. The van der Waals surface area contributed by atoms with Gasteiger partial charge < -0.3 is 20.3 Å². The number of likely N-dealkylation sites (N-methyl/N-ethyl adjacent to an activating group) is 1. The predicted molar refractivity (Wildman–Crippen MR) is 100 cm³/mol. The van der Waals surface area contributed by atoms with Gasteiger partial charge in [0.05, 0.1) is 7.11 Å². The number of amides is 1. The number of pyridine rings is 1. The summed E-state index contributed by atoms with van der Waals surface area (Å²) in [6.07, 6.45) is 2.35. The van der Waals surface area contributed by atoms with Crippen LogP contribution in [-0.4, -0.2) is 56.6 Å². The van der Waals surface area contributed by atoms with Crippen molar-refractivity contribution in [2.75, 3.05) is 46.2 Å². The molecule has 0 saturated heterocycles. The van der Waals surface area contributed by atoms with Crippen molar-refractivity contribution in [3.63, 3.8) is 0 Å². The van der Waals surface area contributed by atoms with Crippen molar-refractivity contribution in [2.45, 2.75) is 6.42 Å². The fourth-order valence-electron chi connectivity index (χ4n) is 2.40. The van der Waals surface area contributed by atoms with Crippen molar-refractivity contribution >= 4 is 11.6 Å². The van der Waals surface area contributed by atoms with Gasteiger partial charge in [-0.3, -0.25) is 9.78 Å². The molecule has 0 fully saturated rings. The number of benzene rings is 1. The van der Waals surface area contributed by atoms with Gasteiger partial charge in [0.1, 0.15) is 11.4 Å². The number of methoxy groups -OCH3 is 1. The Kier molecular flexibility index (Phi) is 7.22. The Balaban J connectivity index is 1.86. The lowest BCUT2D eigenvalue weighted by atomic mass is 10.1. The van der Waals surface area contributed by atoms with Gasteiger partial charge in [0.25, 0.3) is 5.91 Å². The van der Waals surface area contributed by atoms with Crippen LogP contribution in [0.3, 0.4) is 0 Å². The van der Waals surface area contributed by atoms with Gasteiger partial charge in [-0.15, -0.1) is 0 Å². The quantitative estimate of drug-likeness (QED) is 0.730. The number of carbonyl (C=O) groups is 1. The van der Waals surface area contributed by atoms with Crippen LogP contribution in [0.1, 0.15) is 16.1 Å². The number of rotatable bonds is 9. The van der Waals surface area contributed by atoms with E-state index in [2.05, 4.69) is 20.5 Å². The Hall–Kier alpha value is -2.60. The minimum absolute atomic E-state index is 0.175. The molecule has 0 saturated carbocycles. The summed E-state index contributed by atoms with van der Waals surface area (Å²) in [6, 6.07) is 11.4. The maximum Gasteiger partial charge on any atom is 0.269 e. The highest BCUT2D eigenvalue weighted by Crippen LogP contribution is 2.17. The minimum atomic E-state index is -0.175. The van der Waals surface area contributed by atoms with Gasteiger partial charge in [0, 0.05) is 31.5 Å². The molecular formula is C19H26N4O2. The van der Waals surface area contributed by atoms with E-state index in [0.717, 1.165) is 30.1 Å². The smallest absolute Gasteiger partial charge is 0.269 e. The molecule has 134 valence electrons. The first kappa shape index (κ1) is 18.7. The van der Waals surface area contributed by atoms with Gasteiger partial charge in [-0.1, -0.05) is 18.2 Å². The molecule has 0 bridgehead atoms. The van der Waals surface area contributed by atoms with Gasteiger partial charge in [0.2, 0.25) is 0 Å². The highest BCUT2D eigenvalue weighted by molar-refractivity contribution is 5.93. The molecule has 0 aliphatic carbocycles. The fourth-order valence-corrected chi connectivity index (χ4v) is 2.40. The number of nitrogens with one attached hydrogen (secondary N) is 2. The molecule has 6 nitrogen and oxygen atoms in total. The van der Waals surface area contributed by atoms with E-state index < -0.39 is 0 Å². The van der Waals surface area contributed by atoms with Crippen molar-refractivity contribution in [1.29, 1.82) is 0 Å². The Bertz CT molecular complexity index is 689. The number of carbonyl (C=O) groups excluding carboxylic acids is 1. The van der Waals surface area contributed by atoms with Crippen molar-refractivity contribution < 1.29 is 9.53 Å². The van der Waals surface area contributed by atoms with Crippen molar-refractivity contribution in [3.8, 4) is 5.75 Å². The third kappa shape index (κ3) is 6.08. The van der Waals surface area contributed by atoms with E-state index in [4.69, 9.17) is 4.74 Å². The highest BCUT2D eigenvalue weighted by Gasteiger charge is 2.08. The minimum Gasteiger partial charge on any atom is -0.496 e. The predicted octanol–water partition coefficient (Wildman–Crippen LogP) is 2.04. The summed E-state index contributed by atoms with van der Waals surface area (Å²) in [5, 5.41) is 6.20. The van der Waals surface area contributed by atoms with Crippen LogP contribution in [0.25, 0.3) is 0 Å². The lowest BCUT2D eigenvalue weighted by molar-refractivity contribution is 0.0949. The van der Waals surface area contributed by atoms with Crippen molar-refractivity contribution in [1.82, 2.24) is 15.2 Å². The number of ether oxygens (including phenoxy) is 1. The van der Waals surface area contributed by atoms with Gasteiger partial charge in [-0.25, -0.2) is 0 Å². The monoisotopic (exact) mass is 342 g/mol. The van der Waals surface area contributed by atoms with E-state index in [1.54, 1.807) is 19.4 Å². The maximum atomic E-state index is 12.3. The van der Waals surface area contributed by atoms with E-state index in [-0.39, 0.29) is 5.91 Å². The van der Waals surface area contributed by atoms with Crippen LogP contribution in [0.4, 0.5) is 5.69 Å². The number of nitrogens with zero attached hydrogens (tertiary/aromatic N) is 2. The van der Waals surface area contributed by atoms with Crippen LogP contribution >= 0.6 is 0 Å². The lowest BCUT2D eigenvalue weighted by Crippen LogP contribution is -2.27. The number of hydrogen-bond donors (Lipinski definition) is 2. The van der Waals surface area contributed by atoms with Crippen molar-refractivity contribution in [2.24, 2.45) is 0 Å². The van der Waals surface area contributed by atoms with Crippen LogP contribution in [0.15, 0.2) is 42.6 Å². The normalized spacial score (nSPS) is 10.6. The SMILES string of the molecule is COc1ccccc1CCNC(=O)c1cc(NCCN(C)C)ccn1. The molecule has 0 aliphatic rings. The van der Waals surface area contributed by atoms with E-state index in [1.165, 1.54) is 0 Å². The van der Waals surface area contributed by atoms with Crippen molar-refractivity contribution in [3.05, 3.63) is 53.9 Å².